The lowest BCUT2D eigenvalue weighted by atomic mass is 10.2. The van der Waals surface area contributed by atoms with Gasteiger partial charge in [-0.05, 0) is 31.5 Å². The van der Waals surface area contributed by atoms with Gasteiger partial charge in [-0.3, -0.25) is 14.8 Å². The normalized spacial score (nSPS) is 11.4. The monoisotopic (exact) mass is 343 g/mol. The van der Waals surface area contributed by atoms with Crippen LogP contribution in [0.4, 0.5) is 5.13 Å². The standard InChI is InChI=1S/C15H13N5OS2/c1-7-6-16-20(3)12(7)14(21)19-15-18-9-4-5-10-11(13(9)23-15)17-8(2)22-10/h4-6H,1-3H3,(H,18,19,21). The molecular formula is C15H13N5OS2. The molecular weight excluding hydrogens is 330 g/mol. The zero-order valence-corrected chi connectivity index (χ0v) is 14.4. The van der Waals surface area contributed by atoms with E-state index in [1.807, 2.05) is 26.0 Å². The number of fused-ring (bicyclic) bond motifs is 3. The summed E-state index contributed by atoms with van der Waals surface area (Å²) in [6, 6.07) is 4.00. The molecule has 1 N–H and O–H groups in total. The molecule has 0 aliphatic heterocycles. The van der Waals surface area contributed by atoms with Crippen molar-refractivity contribution in [3.8, 4) is 0 Å². The quantitative estimate of drug-likeness (QED) is 0.604. The van der Waals surface area contributed by atoms with Gasteiger partial charge in [-0.15, -0.1) is 11.3 Å². The van der Waals surface area contributed by atoms with Crippen LogP contribution in [0.25, 0.3) is 20.4 Å². The third-order valence-corrected chi connectivity index (χ3v) is 5.51. The van der Waals surface area contributed by atoms with Gasteiger partial charge in [0.25, 0.3) is 5.91 Å². The number of benzene rings is 1. The predicted molar refractivity (Wildman–Crippen MR) is 93.4 cm³/mol. The Hall–Kier alpha value is -2.32. The Labute approximate surface area is 139 Å². The van der Waals surface area contributed by atoms with Crippen molar-refractivity contribution in [1.82, 2.24) is 19.7 Å². The van der Waals surface area contributed by atoms with Crippen LogP contribution in [0, 0.1) is 13.8 Å². The Morgan fingerprint density at radius 2 is 2.04 bits per heavy atom. The lowest BCUT2D eigenvalue weighted by Gasteiger charge is -2.02. The number of nitrogens with zero attached hydrogens (tertiary/aromatic N) is 4. The lowest BCUT2D eigenvalue weighted by molar-refractivity contribution is 0.101. The molecule has 3 heterocycles. The number of carbonyl (C=O) groups is 1. The molecule has 4 aromatic rings. The van der Waals surface area contributed by atoms with Gasteiger partial charge < -0.3 is 0 Å². The van der Waals surface area contributed by atoms with Crippen molar-refractivity contribution in [1.29, 1.82) is 0 Å². The van der Waals surface area contributed by atoms with Crippen molar-refractivity contribution in [3.05, 3.63) is 34.6 Å². The molecule has 0 radical (unpaired) electrons. The second kappa shape index (κ2) is 5.10. The van der Waals surface area contributed by atoms with Crippen LogP contribution in [-0.4, -0.2) is 25.7 Å². The Bertz CT molecular complexity index is 1040. The smallest absolute Gasteiger partial charge is 0.275 e. The van der Waals surface area contributed by atoms with Crippen LogP contribution in [0.1, 0.15) is 21.1 Å². The summed E-state index contributed by atoms with van der Waals surface area (Å²) in [5.41, 5.74) is 3.19. The molecule has 4 rings (SSSR count). The number of nitrogens with one attached hydrogen (secondary N) is 1. The Kier molecular flexibility index (Phi) is 3.17. The number of aromatic nitrogens is 4. The highest BCUT2D eigenvalue weighted by molar-refractivity contribution is 7.24. The van der Waals surface area contributed by atoms with Crippen LogP contribution in [0.2, 0.25) is 0 Å². The maximum Gasteiger partial charge on any atom is 0.275 e. The average Bonchev–Trinajstić information content (AvgIpc) is 3.14. The fraction of sp³-hybridized carbons (Fsp3) is 0.200. The molecule has 0 aliphatic rings. The molecule has 0 atom stereocenters. The van der Waals surface area contributed by atoms with E-state index in [4.69, 9.17) is 0 Å². The molecule has 0 aliphatic carbocycles. The fourth-order valence-corrected chi connectivity index (χ4v) is 4.42. The van der Waals surface area contributed by atoms with Gasteiger partial charge in [0.1, 0.15) is 11.2 Å². The third-order valence-electron chi connectivity index (χ3n) is 3.58. The van der Waals surface area contributed by atoms with Crippen molar-refractivity contribution in [2.45, 2.75) is 13.8 Å². The molecule has 0 saturated heterocycles. The third kappa shape index (κ3) is 2.30. The summed E-state index contributed by atoms with van der Waals surface area (Å²) in [5.74, 6) is -0.202. The van der Waals surface area contributed by atoms with Crippen LogP contribution in [0.15, 0.2) is 18.3 Å². The van der Waals surface area contributed by atoms with Crippen molar-refractivity contribution in [2.24, 2.45) is 7.05 Å². The molecule has 116 valence electrons. The van der Waals surface area contributed by atoms with E-state index in [1.54, 1.807) is 29.3 Å². The summed E-state index contributed by atoms with van der Waals surface area (Å²) < 4.78 is 3.71. The van der Waals surface area contributed by atoms with Crippen molar-refractivity contribution in [2.75, 3.05) is 5.32 Å². The second-order valence-electron chi connectivity index (χ2n) is 5.27. The van der Waals surface area contributed by atoms with Gasteiger partial charge in [-0.1, -0.05) is 11.3 Å². The Morgan fingerprint density at radius 3 is 2.78 bits per heavy atom. The Balaban J connectivity index is 1.75. The first-order chi connectivity index (χ1) is 11.0. The van der Waals surface area contributed by atoms with Crippen molar-refractivity contribution >= 4 is 54.1 Å². The van der Waals surface area contributed by atoms with Crippen LogP contribution in [0.5, 0.6) is 0 Å². The van der Waals surface area contributed by atoms with Crippen molar-refractivity contribution in [3.63, 3.8) is 0 Å². The number of anilines is 1. The molecule has 0 fully saturated rings. The van der Waals surface area contributed by atoms with E-state index in [2.05, 4.69) is 20.4 Å². The van der Waals surface area contributed by atoms with E-state index in [0.29, 0.717) is 10.8 Å². The minimum absolute atomic E-state index is 0.202. The molecule has 1 amide bonds. The first kappa shape index (κ1) is 14.3. The summed E-state index contributed by atoms with van der Waals surface area (Å²) in [6.07, 6.45) is 1.68. The number of aryl methyl sites for hydroxylation is 3. The van der Waals surface area contributed by atoms with Gasteiger partial charge in [0, 0.05) is 7.05 Å². The highest BCUT2D eigenvalue weighted by atomic mass is 32.1. The van der Waals surface area contributed by atoms with Crippen molar-refractivity contribution < 1.29 is 4.79 Å². The first-order valence-corrected chi connectivity index (χ1v) is 8.63. The topological polar surface area (TPSA) is 72.7 Å². The number of carbonyl (C=O) groups excluding carboxylic acids is 1. The number of hydrogen-bond donors (Lipinski definition) is 1. The molecule has 23 heavy (non-hydrogen) atoms. The van der Waals surface area contributed by atoms with E-state index in [9.17, 15) is 4.79 Å². The Morgan fingerprint density at radius 1 is 1.22 bits per heavy atom. The zero-order chi connectivity index (χ0) is 16.1. The van der Waals surface area contributed by atoms with Gasteiger partial charge in [0.05, 0.1) is 26.1 Å². The van der Waals surface area contributed by atoms with Gasteiger partial charge in [0.15, 0.2) is 5.13 Å². The average molecular weight is 343 g/mol. The summed E-state index contributed by atoms with van der Waals surface area (Å²) in [6.45, 7) is 3.85. The van der Waals surface area contributed by atoms with E-state index < -0.39 is 0 Å². The van der Waals surface area contributed by atoms with E-state index in [-0.39, 0.29) is 5.91 Å². The number of rotatable bonds is 2. The lowest BCUT2D eigenvalue weighted by Crippen LogP contribution is -2.17. The van der Waals surface area contributed by atoms with Crippen LogP contribution < -0.4 is 5.32 Å². The fourth-order valence-electron chi connectivity index (χ4n) is 2.57. The van der Waals surface area contributed by atoms with E-state index in [0.717, 1.165) is 31.0 Å². The summed E-state index contributed by atoms with van der Waals surface area (Å²) in [5, 5.41) is 8.56. The van der Waals surface area contributed by atoms with Gasteiger partial charge in [-0.25, -0.2) is 9.97 Å². The zero-order valence-electron chi connectivity index (χ0n) is 12.7. The maximum atomic E-state index is 12.4. The predicted octanol–water partition coefficient (Wildman–Crippen LogP) is 3.51. The molecule has 0 unspecified atom stereocenters. The van der Waals surface area contributed by atoms with Gasteiger partial charge >= 0.3 is 0 Å². The largest absolute Gasteiger partial charge is 0.296 e. The first-order valence-electron chi connectivity index (χ1n) is 6.99. The molecule has 3 aromatic heterocycles. The molecule has 8 heteroatoms. The van der Waals surface area contributed by atoms with Crippen LogP contribution in [0.3, 0.4) is 0 Å². The van der Waals surface area contributed by atoms with E-state index in [1.165, 1.54) is 11.3 Å². The molecule has 0 spiro atoms. The minimum atomic E-state index is -0.202. The minimum Gasteiger partial charge on any atom is -0.296 e. The maximum absolute atomic E-state index is 12.4. The van der Waals surface area contributed by atoms with Crippen LogP contribution >= 0.6 is 22.7 Å². The highest BCUT2D eigenvalue weighted by Crippen LogP contribution is 2.34. The number of thiazole rings is 2. The number of hydrogen-bond acceptors (Lipinski definition) is 6. The van der Waals surface area contributed by atoms with E-state index >= 15 is 0 Å². The summed E-state index contributed by atoms with van der Waals surface area (Å²) in [7, 11) is 1.75. The SMILES string of the molecule is Cc1nc2c(ccc3nc(NC(=O)c4c(C)cnn4C)sc32)s1. The van der Waals surface area contributed by atoms with Gasteiger partial charge in [0.2, 0.25) is 0 Å². The molecule has 6 nitrogen and oxygen atoms in total. The summed E-state index contributed by atoms with van der Waals surface area (Å²) in [4.78, 5) is 21.5. The second-order valence-corrected chi connectivity index (χ2v) is 7.50. The highest BCUT2D eigenvalue weighted by Gasteiger charge is 2.17. The molecule has 0 bridgehead atoms. The van der Waals surface area contributed by atoms with Crippen LogP contribution in [-0.2, 0) is 7.05 Å². The molecule has 1 aromatic carbocycles. The number of amides is 1. The van der Waals surface area contributed by atoms with Gasteiger partial charge in [-0.2, -0.15) is 5.10 Å². The molecule has 0 saturated carbocycles. The summed E-state index contributed by atoms with van der Waals surface area (Å²) >= 11 is 3.11.